The first kappa shape index (κ1) is 15.0. The SMILES string of the molecule is COCCC(C)n1nnc(C(=O)O)c1-c1ccc(N)cc1. The van der Waals surface area contributed by atoms with Gasteiger partial charge in [-0.25, -0.2) is 9.48 Å². The Morgan fingerprint density at radius 1 is 1.43 bits per heavy atom. The average molecular weight is 290 g/mol. The van der Waals surface area contributed by atoms with Gasteiger partial charge in [0.25, 0.3) is 0 Å². The molecule has 1 atom stereocenters. The van der Waals surface area contributed by atoms with Crippen molar-refractivity contribution in [2.45, 2.75) is 19.4 Å². The third-order valence-electron chi connectivity index (χ3n) is 3.24. The molecule has 0 bridgehead atoms. The lowest BCUT2D eigenvalue weighted by Crippen LogP contribution is -2.12. The van der Waals surface area contributed by atoms with Gasteiger partial charge in [-0.2, -0.15) is 0 Å². The monoisotopic (exact) mass is 290 g/mol. The second-order valence-electron chi connectivity index (χ2n) is 4.79. The molecule has 0 amide bonds. The maximum Gasteiger partial charge on any atom is 0.358 e. The van der Waals surface area contributed by atoms with E-state index in [1.807, 2.05) is 6.92 Å². The maximum atomic E-state index is 11.3. The molecule has 0 saturated carbocycles. The predicted molar refractivity (Wildman–Crippen MR) is 78.0 cm³/mol. The number of hydrogen-bond acceptors (Lipinski definition) is 5. The van der Waals surface area contributed by atoms with Crippen molar-refractivity contribution in [3.63, 3.8) is 0 Å². The van der Waals surface area contributed by atoms with E-state index in [-0.39, 0.29) is 11.7 Å². The van der Waals surface area contributed by atoms with Crippen LogP contribution in [0.25, 0.3) is 11.3 Å². The zero-order chi connectivity index (χ0) is 15.4. The highest BCUT2D eigenvalue weighted by Gasteiger charge is 2.23. The highest BCUT2D eigenvalue weighted by molar-refractivity contribution is 5.92. The zero-order valence-electron chi connectivity index (χ0n) is 12.0. The van der Waals surface area contributed by atoms with Crippen LogP contribution in [-0.2, 0) is 4.74 Å². The summed E-state index contributed by atoms with van der Waals surface area (Å²) in [4.78, 5) is 11.3. The smallest absolute Gasteiger partial charge is 0.358 e. The summed E-state index contributed by atoms with van der Waals surface area (Å²) >= 11 is 0. The van der Waals surface area contributed by atoms with Gasteiger partial charge in [0, 0.05) is 25.0 Å². The van der Waals surface area contributed by atoms with Crippen molar-refractivity contribution in [2.75, 3.05) is 19.5 Å². The summed E-state index contributed by atoms with van der Waals surface area (Å²) in [5.41, 5.74) is 7.41. The van der Waals surface area contributed by atoms with E-state index in [0.717, 1.165) is 5.56 Å². The molecule has 7 nitrogen and oxygen atoms in total. The fourth-order valence-electron chi connectivity index (χ4n) is 2.07. The number of aromatic carboxylic acids is 1. The van der Waals surface area contributed by atoms with Crippen LogP contribution >= 0.6 is 0 Å². The number of aromatic nitrogens is 3. The minimum absolute atomic E-state index is 0.0295. The summed E-state index contributed by atoms with van der Waals surface area (Å²) in [5, 5.41) is 17.1. The molecular formula is C14H18N4O3. The van der Waals surface area contributed by atoms with E-state index in [9.17, 15) is 9.90 Å². The van der Waals surface area contributed by atoms with Gasteiger partial charge in [0.05, 0.1) is 6.04 Å². The first-order valence-corrected chi connectivity index (χ1v) is 6.58. The Labute approximate surface area is 122 Å². The lowest BCUT2D eigenvalue weighted by atomic mass is 10.1. The molecule has 7 heteroatoms. The number of rotatable bonds is 6. The van der Waals surface area contributed by atoms with Crippen LogP contribution in [0.15, 0.2) is 24.3 Å². The van der Waals surface area contributed by atoms with Crippen molar-refractivity contribution in [3.8, 4) is 11.3 Å². The van der Waals surface area contributed by atoms with Crippen LogP contribution in [0.5, 0.6) is 0 Å². The number of hydrogen-bond donors (Lipinski definition) is 2. The molecule has 1 aromatic carbocycles. The van der Waals surface area contributed by atoms with Gasteiger partial charge in [-0.05, 0) is 25.5 Å². The van der Waals surface area contributed by atoms with Crippen LogP contribution in [0, 0.1) is 0 Å². The van der Waals surface area contributed by atoms with Crippen molar-refractivity contribution in [2.24, 2.45) is 0 Å². The van der Waals surface area contributed by atoms with Gasteiger partial charge in [-0.1, -0.05) is 17.3 Å². The summed E-state index contributed by atoms with van der Waals surface area (Å²) in [6, 6.07) is 6.94. The number of nitrogen functional groups attached to an aromatic ring is 1. The molecular weight excluding hydrogens is 272 g/mol. The molecule has 1 heterocycles. The molecule has 2 rings (SSSR count). The van der Waals surface area contributed by atoms with Gasteiger partial charge in [0.1, 0.15) is 5.69 Å². The normalized spacial score (nSPS) is 12.3. The number of ether oxygens (including phenoxy) is 1. The third kappa shape index (κ3) is 3.19. The number of anilines is 1. The molecule has 2 aromatic rings. The summed E-state index contributed by atoms with van der Waals surface area (Å²) in [5.74, 6) is -1.10. The number of carboxylic acid groups (broad SMARTS) is 1. The van der Waals surface area contributed by atoms with Crippen molar-refractivity contribution in [1.29, 1.82) is 0 Å². The van der Waals surface area contributed by atoms with Gasteiger partial charge in [-0.15, -0.1) is 5.10 Å². The molecule has 0 spiro atoms. The van der Waals surface area contributed by atoms with E-state index in [0.29, 0.717) is 24.4 Å². The van der Waals surface area contributed by atoms with Crippen molar-refractivity contribution in [1.82, 2.24) is 15.0 Å². The molecule has 1 aromatic heterocycles. The van der Waals surface area contributed by atoms with Crippen LogP contribution in [-0.4, -0.2) is 39.8 Å². The van der Waals surface area contributed by atoms with E-state index in [4.69, 9.17) is 10.5 Å². The van der Waals surface area contributed by atoms with Gasteiger partial charge in [0.2, 0.25) is 0 Å². The molecule has 0 radical (unpaired) electrons. The summed E-state index contributed by atoms with van der Waals surface area (Å²) in [6.07, 6.45) is 0.709. The number of nitrogens with zero attached hydrogens (tertiary/aromatic N) is 3. The Kier molecular flexibility index (Phi) is 4.54. The van der Waals surface area contributed by atoms with E-state index >= 15 is 0 Å². The zero-order valence-corrected chi connectivity index (χ0v) is 12.0. The quantitative estimate of drug-likeness (QED) is 0.786. The molecule has 0 aliphatic carbocycles. The van der Waals surface area contributed by atoms with Crippen LogP contribution in [0.1, 0.15) is 29.9 Å². The van der Waals surface area contributed by atoms with Gasteiger partial charge >= 0.3 is 5.97 Å². The lowest BCUT2D eigenvalue weighted by molar-refractivity contribution is 0.0691. The summed E-state index contributed by atoms with van der Waals surface area (Å²) in [6.45, 7) is 2.50. The molecule has 21 heavy (non-hydrogen) atoms. The predicted octanol–water partition coefficient (Wildman–Crippen LogP) is 1.82. The highest BCUT2D eigenvalue weighted by Crippen LogP contribution is 2.27. The van der Waals surface area contributed by atoms with Crippen LogP contribution in [0.4, 0.5) is 5.69 Å². The first-order chi connectivity index (χ1) is 10.0. The van der Waals surface area contributed by atoms with Gasteiger partial charge in [-0.3, -0.25) is 0 Å². The topological polar surface area (TPSA) is 103 Å². The first-order valence-electron chi connectivity index (χ1n) is 6.58. The minimum atomic E-state index is -1.10. The summed E-state index contributed by atoms with van der Waals surface area (Å²) < 4.78 is 6.67. The molecule has 112 valence electrons. The number of methoxy groups -OCH3 is 1. The van der Waals surface area contributed by atoms with E-state index in [2.05, 4.69) is 10.3 Å². The Bertz CT molecular complexity index is 622. The average Bonchev–Trinajstić information content (AvgIpc) is 2.90. The van der Waals surface area contributed by atoms with Crippen LogP contribution < -0.4 is 5.73 Å². The van der Waals surface area contributed by atoms with Gasteiger partial charge in [0.15, 0.2) is 5.69 Å². The van der Waals surface area contributed by atoms with Crippen molar-refractivity contribution in [3.05, 3.63) is 30.0 Å². The fraction of sp³-hybridized carbons (Fsp3) is 0.357. The van der Waals surface area contributed by atoms with E-state index in [1.165, 1.54) is 0 Å². The lowest BCUT2D eigenvalue weighted by Gasteiger charge is -2.14. The van der Waals surface area contributed by atoms with Crippen molar-refractivity contribution >= 4 is 11.7 Å². The molecule has 3 N–H and O–H groups in total. The molecule has 0 fully saturated rings. The van der Waals surface area contributed by atoms with E-state index < -0.39 is 5.97 Å². The Balaban J connectivity index is 2.47. The van der Waals surface area contributed by atoms with Crippen LogP contribution in [0.3, 0.4) is 0 Å². The van der Waals surface area contributed by atoms with Crippen molar-refractivity contribution < 1.29 is 14.6 Å². The Hall–Kier alpha value is -2.41. The molecule has 0 aliphatic rings. The number of benzene rings is 1. The van der Waals surface area contributed by atoms with Gasteiger partial charge < -0.3 is 15.6 Å². The fourth-order valence-corrected chi connectivity index (χ4v) is 2.07. The highest BCUT2D eigenvalue weighted by atomic mass is 16.5. The third-order valence-corrected chi connectivity index (χ3v) is 3.24. The second-order valence-corrected chi connectivity index (χ2v) is 4.79. The molecule has 0 aliphatic heterocycles. The number of carboxylic acids is 1. The molecule has 1 unspecified atom stereocenters. The maximum absolute atomic E-state index is 11.3. The second kappa shape index (κ2) is 6.36. The Morgan fingerprint density at radius 2 is 2.10 bits per heavy atom. The standard InChI is InChI=1S/C14H18N4O3/c1-9(7-8-21-2)18-13(12(14(19)20)16-17-18)10-3-5-11(15)6-4-10/h3-6,9H,7-8,15H2,1-2H3,(H,19,20). The van der Waals surface area contributed by atoms with E-state index in [1.54, 1.807) is 36.1 Å². The Morgan fingerprint density at radius 3 is 2.67 bits per heavy atom. The summed E-state index contributed by atoms with van der Waals surface area (Å²) in [7, 11) is 1.62. The number of nitrogens with two attached hydrogens (primary N) is 1. The largest absolute Gasteiger partial charge is 0.476 e. The minimum Gasteiger partial charge on any atom is -0.476 e. The molecule has 0 saturated heterocycles. The number of carbonyl (C=O) groups is 1. The van der Waals surface area contributed by atoms with Crippen LogP contribution in [0.2, 0.25) is 0 Å².